The van der Waals surface area contributed by atoms with E-state index in [-0.39, 0.29) is 0 Å². The Hall–Kier alpha value is 0.0669. The number of hydrogen-bond donors (Lipinski definition) is 0. The van der Waals surface area contributed by atoms with E-state index in [1.807, 2.05) is 0 Å². The molecule has 0 heterocycles. The SMILES string of the molecule is CCCCCO[Si](CC)(CC)Oc1cc(Cl)c(Cl)cc1Cl. The summed E-state index contributed by atoms with van der Waals surface area (Å²) < 4.78 is 12.3. The third kappa shape index (κ3) is 5.64. The third-order valence-electron chi connectivity index (χ3n) is 3.46. The quantitative estimate of drug-likeness (QED) is 0.273. The zero-order valence-electron chi connectivity index (χ0n) is 12.8. The second kappa shape index (κ2) is 9.26. The van der Waals surface area contributed by atoms with Gasteiger partial charge in [-0.15, -0.1) is 0 Å². The largest absolute Gasteiger partial charge is 0.519 e. The summed E-state index contributed by atoms with van der Waals surface area (Å²) in [7, 11) is -2.29. The van der Waals surface area contributed by atoms with Gasteiger partial charge in [-0.1, -0.05) is 68.4 Å². The van der Waals surface area contributed by atoms with Crippen LogP contribution in [0.4, 0.5) is 0 Å². The first-order valence-corrected chi connectivity index (χ1v) is 10.8. The lowest BCUT2D eigenvalue weighted by Gasteiger charge is -2.30. The third-order valence-corrected chi connectivity index (χ3v) is 7.96. The number of rotatable bonds is 9. The van der Waals surface area contributed by atoms with Crippen LogP contribution in [0.25, 0.3) is 0 Å². The van der Waals surface area contributed by atoms with Gasteiger partial charge >= 0.3 is 8.56 Å². The van der Waals surface area contributed by atoms with Crippen LogP contribution in [0.1, 0.15) is 40.0 Å². The Labute approximate surface area is 143 Å². The number of hydrogen-bond acceptors (Lipinski definition) is 2. The molecule has 0 atom stereocenters. The Kier molecular flexibility index (Phi) is 8.43. The maximum absolute atomic E-state index is 6.20. The molecule has 2 nitrogen and oxygen atoms in total. The predicted octanol–water partition coefficient (Wildman–Crippen LogP) is 6.71. The van der Waals surface area contributed by atoms with E-state index in [4.69, 9.17) is 43.7 Å². The second-order valence-electron chi connectivity index (χ2n) is 4.97. The van der Waals surface area contributed by atoms with E-state index >= 15 is 0 Å². The van der Waals surface area contributed by atoms with Crippen LogP contribution in [0.3, 0.4) is 0 Å². The highest BCUT2D eigenvalue weighted by Crippen LogP contribution is 2.36. The number of unbranched alkanes of at least 4 members (excludes halogenated alkanes) is 2. The van der Waals surface area contributed by atoms with Crippen LogP contribution >= 0.6 is 34.8 Å². The monoisotopic (exact) mass is 368 g/mol. The minimum Gasteiger partial charge on any atom is -0.519 e. The molecule has 0 aliphatic carbocycles. The van der Waals surface area contributed by atoms with Gasteiger partial charge in [-0.25, -0.2) is 0 Å². The summed E-state index contributed by atoms with van der Waals surface area (Å²) in [6.07, 6.45) is 3.41. The van der Waals surface area contributed by atoms with Crippen molar-refractivity contribution in [1.82, 2.24) is 0 Å². The van der Waals surface area contributed by atoms with E-state index in [1.165, 1.54) is 12.8 Å². The summed E-state index contributed by atoms with van der Waals surface area (Å²) in [6.45, 7) is 7.11. The van der Waals surface area contributed by atoms with Crippen molar-refractivity contribution in [3.05, 3.63) is 27.2 Å². The van der Waals surface area contributed by atoms with Crippen LogP contribution in [0.5, 0.6) is 5.75 Å². The van der Waals surface area contributed by atoms with Crippen molar-refractivity contribution in [1.29, 1.82) is 0 Å². The first-order valence-electron chi connectivity index (χ1n) is 7.45. The normalized spacial score (nSPS) is 11.7. The molecule has 0 N–H and O–H groups in total. The summed E-state index contributed by atoms with van der Waals surface area (Å²) in [4.78, 5) is 0. The molecule has 1 aromatic rings. The lowest BCUT2D eigenvalue weighted by Crippen LogP contribution is -2.44. The molecular weight excluding hydrogens is 347 g/mol. The van der Waals surface area contributed by atoms with Crippen LogP contribution in [0, 0.1) is 0 Å². The van der Waals surface area contributed by atoms with Crippen LogP contribution < -0.4 is 4.43 Å². The first-order chi connectivity index (χ1) is 9.98. The van der Waals surface area contributed by atoms with E-state index in [9.17, 15) is 0 Å². The number of benzene rings is 1. The van der Waals surface area contributed by atoms with E-state index in [0.717, 1.165) is 25.1 Å². The van der Waals surface area contributed by atoms with Gasteiger partial charge in [0.15, 0.2) is 0 Å². The second-order valence-corrected chi connectivity index (χ2v) is 9.92. The van der Waals surface area contributed by atoms with E-state index in [1.54, 1.807) is 12.1 Å². The molecule has 0 bridgehead atoms. The molecule has 0 saturated heterocycles. The zero-order valence-corrected chi connectivity index (χ0v) is 16.1. The topological polar surface area (TPSA) is 18.5 Å². The van der Waals surface area contributed by atoms with Gasteiger partial charge in [0.25, 0.3) is 0 Å². The smallest absolute Gasteiger partial charge is 0.398 e. The summed E-state index contributed by atoms with van der Waals surface area (Å²) in [5.41, 5.74) is 0. The summed E-state index contributed by atoms with van der Waals surface area (Å²) in [5, 5.41) is 1.34. The van der Waals surface area contributed by atoms with E-state index < -0.39 is 8.56 Å². The van der Waals surface area contributed by atoms with E-state index in [0.29, 0.717) is 20.8 Å². The van der Waals surface area contributed by atoms with Crippen molar-refractivity contribution in [3.8, 4) is 5.75 Å². The molecule has 1 aromatic carbocycles. The fourth-order valence-corrected chi connectivity index (χ4v) is 5.00. The summed E-state index contributed by atoms with van der Waals surface area (Å²) in [6, 6.07) is 5.02. The van der Waals surface area contributed by atoms with Crippen molar-refractivity contribution in [3.63, 3.8) is 0 Å². The molecule has 120 valence electrons. The van der Waals surface area contributed by atoms with Gasteiger partial charge < -0.3 is 8.85 Å². The first kappa shape index (κ1) is 19.1. The Bertz CT molecular complexity index is 451. The van der Waals surface area contributed by atoms with Gasteiger partial charge in [0, 0.05) is 12.7 Å². The van der Waals surface area contributed by atoms with Crippen LogP contribution in [-0.4, -0.2) is 15.2 Å². The molecule has 21 heavy (non-hydrogen) atoms. The highest BCUT2D eigenvalue weighted by atomic mass is 35.5. The fourth-order valence-electron chi connectivity index (χ4n) is 2.02. The van der Waals surface area contributed by atoms with Crippen LogP contribution in [0.15, 0.2) is 12.1 Å². The molecule has 0 aromatic heterocycles. The Morgan fingerprint density at radius 3 is 2.10 bits per heavy atom. The molecule has 0 aliphatic heterocycles. The molecule has 6 heteroatoms. The maximum atomic E-state index is 6.20. The average Bonchev–Trinajstić information content (AvgIpc) is 2.48. The highest BCUT2D eigenvalue weighted by molar-refractivity contribution is 6.68. The van der Waals surface area contributed by atoms with Crippen molar-refractivity contribution < 1.29 is 8.85 Å². The minimum absolute atomic E-state index is 0.429. The molecule has 0 fully saturated rings. The molecule has 1 rings (SSSR count). The molecule has 0 radical (unpaired) electrons. The zero-order chi connectivity index (χ0) is 15.9. The molecule has 0 spiro atoms. The Morgan fingerprint density at radius 1 is 0.905 bits per heavy atom. The molecule has 0 amide bonds. The Balaban J connectivity index is 2.84. The molecule has 0 unspecified atom stereocenters. The lowest BCUT2D eigenvalue weighted by atomic mass is 10.3. The van der Waals surface area contributed by atoms with Gasteiger partial charge in [0.05, 0.1) is 15.1 Å². The highest BCUT2D eigenvalue weighted by Gasteiger charge is 2.36. The van der Waals surface area contributed by atoms with Crippen molar-refractivity contribution in [2.45, 2.75) is 52.1 Å². The van der Waals surface area contributed by atoms with Crippen molar-refractivity contribution in [2.24, 2.45) is 0 Å². The van der Waals surface area contributed by atoms with Gasteiger partial charge in [-0.05, 0) is 24.6 Å². The lowest BCUT2D eigenvalue weighted by molar-refractivity contribution is 0.231. The molecular formula is C15H23Cl3O2Si. The standard InChI is InChI=1S/C15H23Cl3O2Si/c1-4-7-8-9-19-21(5-2,6-3)20-15-11-13(17)12(16)10-14(15)18/h10-11H,4-9H2,1-3H3. The minimum atomic E-state index is -2.29. The van der Waals surface area contributed by atoms with Gasteiger partial charge in [-0.3, -0.25) is 0 Å². The van der Waals surface area contributed by atoms with Gasteiger partial charge in [0.2, 0.25) is 0 Å². The van der Waals surface area contributed by atoms with Crippen LogP contribution in [-0.2, 0) is 4.43 Å². The predicted molar refractivity (Wildman–Crippen MR) is 94.3 cm³/mol. The Morgan fingerprint density at radius 2 is 1.52 bits per heavy atom. The number of halogens is 3. The molecule has 0 saturated carbocycles. The van der Waals surface area contributed by atoms with E-state index in [2.05, 4.69) is 20.8 Å². The maximum Gasteiger partial charge on any atom is 0.398 e. The fraction of sp³-hybridized carbons (Fsp3) is 0.600. The molecule has 0 aliphatic rings. The van der Waals surface area contributed by atoms with Crippen molar-refractivity contribution >= 4 is 43.4 Å². The summed E-state index contributed by atoms with van der Waals surface area (Å²) >= 11 is 18.2. The van der Waals surface area contributed by atoms with Gasteiger partial charge in [0.1, 0.15) is 5.75 Å². The summed E-state index contributed by atoms with van der Waals surface area (Å²) in [5.74, 6) is 0.567. The van der Waals surface area contributed by atoms with Crippen molar-refractivity contribution in [2.75, 3.05) is 6.61 Å². The average molecular weight is 370 g/mol. The van der Waals surface area contributed by atoms with Gasteiger partial charge in [-0.2, -0.15) is 0 Å². The van der Waals surface area contributed by atoms with Crippen LogP contribution in [0.2, 0.25) is 27.2 Å².